The Balaban J connectivity index is 0.00000220. The number of hydrogen-bond donors (Lipinski definition) is 1. The molecule has 5 nitrogen and oxygen atoms in total. The predicted molar refractivity (Wildman–Crippen MR) is 81.0 cm³/mol. The van der Waals surface area contributed by atoms with E-state index < -0.39 is 15.8 Å². The van der Waals surface area contributed by atoms with Crippen LogP contribution in [0.15, 0.2) is 23.1 Å². The Morgan fingerprint density at radius 3 is 2.48 bits per heavy atom. The lowest BCUT2D eigenvalue weighted by Crippen LogP contribution is -2.43. The Hall–Kier alpha value is -0.890. The summed E-state index contributed by atoms with van der Waals surface area (Å²) in [4.78, 5) is 0.0682. The molecule has 2 rings (SSSR count). The summed E-state index contributed by atoms with van der Waals surface area (Å²) < 4.78 is 44.6. The molecule has 1 aromatic rings. The van der Waals surface area contributed by atoms with E-state index in [2.05, 4.69) is 5.32 Å². The second-order valence-electron chi connectivity index (χ2n) is 4.76. The zero-order valence-electron chi connectivity index (χ0n) is 12.0. The van der Waals surface area contributed by atoms with Crippen LogP contribution in [-0.2, 0) is 10.0 Å². The lowest BCUT2D eigenvalue weighted by molar-refractivity contribution is 0.298. The van der Waals surface area contributed by atoms with E-state index >= 15 is 0 Å². The average molecular weight is 339 g/mol. The zero-order valence-corrected chi connectivity index (χ0v) is 13.6. The number of piperidine rings is 1. The Morgan fingerprint density at radius 1 is 1.33 bits per heavy atom. The maximum Gasteiger partial charge on any atom is 0.243 e. The van der Waals surface area contributed by atoms with Crippen LogP contribution >= 0.6 is 12.4 Å². The number of benzene rings is 1. The number of methoxy groups -OCH3 is 1. The van der Waals surface area contributed by atoms with Gasteiger partial charge in [0.1, 0.15) is 0 Å². The highest BCUT2D eigenvalue weighted by Crippen LogP contribution is 2.25. The van der Waals surface area contributed by atoms with Gasteiger partial charge in [0.05, 0.1) is 12.0 Å². The van der Waals surface area contributed by atoms with Crippen LogP contribution < -0.4 is 10.1 Å². The van der Waals surface area contributed by atoms with Gasteiger partial charge in [0.15, 0.2) is 11.6 Å². The van der Waals surface area contributed by atoms with E-state index in [4.69, 9.17) is 4.74 Å². The van der Waals surface area contributed by atoms with Crippen molar-refractivity contribution in [2.45, 2.75) is 23.8 Å². The highest BCUT2D eigenvalue weighted by molar-refractivity contribution is 7.89. The third kappa shape index (κ3) is 3.85. The number of rotatable bonds is 4. The summed E-state index contributed by atoms with van der Waals surface area (Å²) in [5, 5.41) is 3.15. The molecule has 1 aromatic carbocycles. The first-order valence-corrected chi connectivity index (χ1v) is 7.94. The van der Waals surface area contributed by atoms with Crippen LogP contribution in [0.5, 0.6) is 5.75 Å². The number of sulfonamides is 1. The number of ether oxygens (including phenoxy) is 1. The highest BCUT2D eigenvalue weighted by atomic mass is 35.5. The predicted octanol–water partition coefficient (Wildman–Crippen LogP) is 1.63. The van der Waals surface area contributed by atoms with Gasteiger partial charge in [0, 0.05) is 25.2 Å². The lowest BCUT2D eigenvalue weighted by atomic mass is 10.1. The zero-order chi connectivity index (χ0) is 14.8. The first kappa shape index (κ1) is 18.2. The van der Waals surface area contributed by atoms with Crippen molar-refractivity contribution in [2.24, 2.45) is 0 Å². The number of hydrogen-bond acceptors (Lipinski definition) is 4. The molecule has 21 heavy (non-hydrogen) atoms. The van der Waals surface area contributed by atoms with E-state index in [0.717, 1.165) is 18.9 Å². The van der Waals surface area contributed by atoms with Gasteiger partial charge in [0.25, 0.3) is 0 Å². The molecule has 0 spiro atoms. The minimum atomic E-state index is -3.58. The largest absolute Gasteiger partial charge is 0.494 e. The van der Waals surface area contributed by atoms with Gasteiger partial charge in [-0.3, -0.25) is 0 Å². The second kappa shape index (κ2) is 7.40. The molecule has 8 heteroatoms. The third-order valence-corrected chi connectivity index (χ3v) is 5.52. The van der Waals surface area contributed by atoms with Crippen molar-refractivity contribution in [2.75, 3.05) is 27.2 Å². The van der Waals surface area contributed by atoms with Crippen molar-refractivity contribution in [3.8, 4) is 5.75 Å². The van der Waals surface area contributed by atoms with Crippen molar-refractivity contribution < 1.29 is 17.5 Å². The number of nitrogens with zero attached hydrogens (tertiary/aromatic N) is 1. The first-order chi connectivity index (χ1) is 9.48. The highest BCUT2D eigenvalue weighted by Gasteiger charge is 2.29. The van der Waals surface area contributed by atoms with Crippen LogP contribution in [0.4, 0.5) is 4.39 Å². The van der Waals surface area contributed by atoms with Crippen LogP contribution in [0.1, 0.15) is 12.8 Å². The Labute approximate surface area is 130 Å². The van der Waals surface area contributed by atoms with E-state index in [1.54, 1.807) is 0 Å². The minimum Gasteiger partial charge on any atom is -0.494 e. The van der Waals surface area contributed by atoms with E-state index in [1.807, 2.05) is 7.05 Å². The second-order valence-corrected chi connectivity index (χ2v) is 6.70. The quantitative estimate of drug-likeness (QED) is 0.906. The fraction of sp³-hybridized carbons (Fsp3) is 0.538. The molecule has 0 aliphatic carbocycles. The van der Waals surface area contributed by atoms with Crippen LogP contribution in [0.25, 0.3) is 0 Å². The van der Waals surface area contributed by atoms with Crippen molar-refractivity contribution in [1.29, 1.82) is 0 Å². The van der Waals surface area contributed by atoms with Gasteiger partial charge in [-0.05, 0) is 32.0 Å². The molecule has 0 saturated carbocycles. The molecule has 0 unspecified atom stereocenters. The molecule has 1 aliphatic heterocycles. The normalized spacial score (nSPS) is 17.3. The van der Waals surface area contributed by atoms with E-state index in [9.17, 15) is 12.8 Å². The molecule has 120 valence electrons. The molecular formula is C13H20ClFN2O3S. The SMILES string of the molecule is CNC1CCN(S(=O)(=O)c2ccc(F)c(OC)c2)CC1.Cl. The molecule has 0 bridgehead atoms. The molecule has 0 radical (unpaired) electrons. The summed E-state index contributed by atoms with van der Waals surface area (Å²) in [6, 6.07) is 3.97. The van der Waals surface area contributed by atoms with Gasteiger partial charge in [-0.2, -0.15) is 4.31 Å². The third-order valence-electron chi connectivity index (χ3n) is 3.62. The molecule has 1 heterocycles. The summed E-state index contributed by atoms with van der Waals surface area (Å²) in [6.45, 7) is 0.932. The number of halogens is 2. The molecule has 1 saturated heterocycles. The fourth-order valence-electron chi connectivity index (χ4n) is 2.33. The smallest absolute Gasteiger partial charge is 0.243 e. The van der Waals surface area contributed by atoms with Crippen LogP contribution in [0.2, 0.25) is 0 Å². The molecule has 0 aromatic heterocycles. The summed E-state index contributed by atoms with van der Waals surface area (Å²) in [6.07, 6.45) is 1.54. The molecule has 0 atom stereocenters. The van der Waals surface area contributed by atoms with Gasteiger partial charge < -0.3 is 10.1 Å². The molecule has 0 amide bonds. The van der Waals surface area contributed by atoms with Crippen LogP contribution in [0, 0.1) is 5.82 Å². The first-order valence-electron chi connectivity index (χ1n) is 6.50. The molecule has 1 aliphatic rings. The Bertz CT molecular complexity index is 575. The molecule has 1 fully saturated rings. The maximum absolute atomic E-state index is 13.4. The van der Waals surface area contributed by atoms with Gasteiger partial charge in [-0.15, -0.1) is 12.4 Å². The fourth-order valence-corrected chi connectivity index (χ4v) is 3.82. The van der Waals surface area contributed by atoms with Crippen molar-refractivity contribution in [3.05, 3.63) is 24.0 Å². The van der Waals surface area contributed by atoms with E-state index in [0.29, 0.717) is 19.1 Å². The minimum absolute atomic E-state index is 0. The average Bonchev–Trinajstić information content (AvgIpc) is 2.47. The molecule has 1 N–H and O–H groups in total. The van der Waals surface area contributed by atoms with Crippen LogP contribution in [-0.4, -0.2) is 46.0 Å². The standard InChI is InChI=1S/C13H19FN2O3S.ClH/c1-15-10-5-7-16(8-6-10)20(17,18)11-3-4-12(14)13(9-11)19-2;/h3-4,9-10,15H,5-8H2,1-2H3;1H. The Kier molecular flexibility index (Phi) is 6.40. The topological polar surface area (TPSA) is 58.6 Å². The van der Waals surface area contributed by atoms with Crippen molar-refractivity contribution in [1.82, 2.24) is 9.62 Å². The van der Waals surface area contributed by atoms with Crippen molar-refractivity contribution in [3.63, 3.8) is 0 Å². The van der Waals surface area contributed by atoms with E-state index in [1.165, 1.54) is 23.5 Å². The lowest BCUT2D eigenvalue weighted by Gasteiger charge is -2.31. The van der Waals surface area contributed by atoms with E-state index in [-0.39, 0.29) is 23.1 Å². The summed E-state index contributed by atoms with van der Waals surface area (Å²) in [7, 11) is -0.397. The van der Waals surface area contributed by atoms with Gasteiger partial charge >= 0.3 is 0 Å². The van der Waals surface area contributed by atoms with Crippen molar-refractivity contribution >= 4 is 22.4 Å². The van der Waals surface area contributed by atoms with Gasteiger partial charge in [-0.25, -0.2) is 12.8 Å². The maximum atomic E-state index is 13.4. The Morgan fingerprint density at radius 2 is 1.95 bits per heavy atom. The van der Waals surface area contributed by atoms with Gasteiger partial charge in [-0.1, -0.05) is 0 Å². The summed E-state index contributed by atoms with van der Waals surface area (Å²) in [5.74, 6) is -0.628. The monoisotopic (exact) mass is 338 g/mol. The van der Waals surface area contributed by atoms with Crippen LogP contribution in [0.3, 0.4) is 0 Å². The summed E-state index contributed by atoms with van der Waals surface area (Å²) in [5.41, 5.74) is 0. The molecular weight excluding hydrogens is 319 g/mol. The summed E-state index contributed by atoms with van der Waals surface area (Å²) >= 11 is 0. The number of nitrogens with one attached hydrogen (secondary N) is 1. The van der Waals surface area contributed by atoms with Gasteiger partial charge in [0.2, 0.25) is 10.0 Å².